The summed E-state index contributed by atoms with van der Waals surface area (Å²) in [5.74, 6) is 0. The Bertz CT molecular complexity index is 861. The monoisotopic (exact) mass is 305 g/mol. The number of rotatable bonds is 3. The first-order chi connectivity index (χ1) is 9.45. The van der Waals surface area contributed by atoms with Crippen LogP contribution in [-0.2, 0) is 0 Å². The van der Waals surface area contributed by atoms with Gasteiger partial charge in [0.05, 0.1) is 21.6 Å². The molecule has 0 aliphatic carbocycles. The van der Waals surface area contributed by atoms with Crippen LogP contribution >= 0.6 is 23.8 Å². The number of allylic oxidation sites excluding steroid dienone is 4. The number of nitrogens with two attached hydrogens (primary N) is 1. The van der Waals surface area contributed by atoms with E-state index < -0.39 is 0 Å². The van der Waals surface area contributed by atoms with Crippen molar-refractivity contribution in [2.75, 3.05) is 5.73 Å². The zero-order chi connectivity index (χ0) is 14.9. The predicted octanol–water partition coefficient (Wildman–Crippen LogP) is 3.42. The fourth-order valence-electron chi connectivity index (χ4n) is 1.85. The van der Waals surface area contributed by atoms with Crippen LogP contribution in [0, 0.1) is 4.77 Å². The molecular weight excluding hydrogens is 294 g/mol. The average Bonchev–Trinajstić information content (AvgIpc) is 2.36. The highest BCUT2D eigenvalue weighted by Crippen LogP contribution is 2.19. The number of nitrogens with one attached hydrogen (secondary N) is 1. The van der Waals surface area contributed by atoms with Crippen molar-refractivity contribution in [3.05, 3.63) is 63.7 Å². The van der Waals surface area contributed by atoms with Gasteiger partial charge < -0.3 is 10.7 Å². The molecule has 0 spiro atoms. The average molecular weight is 306 g/mol. The lowest BCUT2D eigenvalue weighted by molar-refractivity contribution is 0.968. The fraction of sp³-hybridized carbons (Fsp3) is 0. The Morgan fingerprint density at radius 1 is 1.50 bits per heavy atom. The Balaban J connectivity index is 2.92. The van der Waals surface area contributed by atoms with Gasteiger partial charge in [-0.25, -0.2) is 0 Å². The summed E-state index contributed by atoms with van der Waals surface area (Å²) < 4.78 is 1.49. The number of nitrogen functional groups attached to an aromatic ring is 1. The Morgan fingerprint density at radius 3 is 2.80 bits per heavy atom. The first-order valence-corrected chi connectivity index (χ1v) is 6.46. The van der Waals surface area contributed by atoms with Gasteiger partial charge in [-0.2, -0.15) is 0 Å². The third-order valence-corrected chi connectivity index (χ3v) is 3.19. The van der Waals surface area contributed by atoms with E-state index in [1.807, 2.05) is 0 Å². The number of hydrogen-bond donors (Lipinski definition) is 2. The van der Waals surface area contributed by atoms with Crippen LogP contribution in [0.4, 0.5) is 5.69 Å². The van der Waals surface area contributed by atoms with Crippen molar-refractivity contribution in [1.29, 1.82) is 0 Å². The van der Waals surface area contributed by atoms with E-state index in [9.17, 15) is 4.79 Å². The molecule has 0 amide bonds. The molecule has 6 heteroatoms. The maximum absolute atomic E-state index is 12.5. The Morgan fingerprint density at radius 2 is 2.20 bits per heavy atom. The summed E-state index contributed by atoms with van der Waals surface area (Å²) in [6.45, 7) is 7.23. The quantitative estimate of drug-likeness (QED) is 0.519. The van der Waals surface area contributed by atoms with Crippen LogP contribution in [0.25, 0.3) is 16.6 Å². The molecule has 0 bridgehead atoms. The molecule has 4 nitrogen and oxygen atoms in total. The maximum atomic E-state index is 12.5. The van der Waals surface area contributed by atoms with E-state index in [0.717, 1.165) is 0 Å². The minimum Gasteiger partial charge on any atom is -0.399 e. The van der Waals surface area contributed by atoms with E-state index in [1.54, 1.807) is 24.3 Å². The first-order valence-electron chi connectivity index (χ1n) is 5.68. The van der Waals surface area contributed by atoms with Crippen LogP contribution < -0.4 is 11.3 Å². The fourth-order valence-corrected chi connectivity index (χ4v) is 2.29. The summed E-state index contributed by atoms with van der Waals surface area (Å²) in [5.41, 5.74) is 6.91. The van der Waals surface area contributed by atoms with Crippen LogP contribution in [0.2, 0.25) is 0 Å². The zero-order valence-corrected chi connectivity index (χ0v) is 12.1. The van der Waals surface area contributed by atoms with Crippen LogP contribution in [-0.4, -0.2) is 9.55 Å². The summed E-state index contributed by atoms with van der Waals surface area (Å²) in [6, 6.07) is 4.94. The molecule has 0 atom stereocenters. The van der Waals surface area contributed by atoms with Gasteiger partial charge in [-0.15, -0.1) is 0 Å². The van der Waals surface area contributed by atoms with E-state index in [4.69, 9.17) is 29.6 Å². The molecule has 0 aliphatic heterocycles. The van der Waals surface area contributed by atoms with Crippen molar-refractivity contribution in [3.63, 3.8) is 0 Å². The molecule has 102 valence electrons. The van der Waals surface area contributed by atoms with Crippen molar-refractivity contribution in [3.8, 4) is 0 Å². The molecule has 20 heavy (non-hydrogen) atoms. The van der Waals surface area contributed by atoms with E-state index in [-0.39, 0.29) is 15.4 Å². The van der Waals surface area contributed by atoms with Gasteiger partial charge >= 0.3 is 0 Å². The third kappa shape index (κ3) is 2.45. The van der Waals surface area contributed by atoms with Gasteiger partial charge in [0.25, 0.3) is 5.56 Å². The van der Waals surface area contributed by atoms with Gasteiger partial charge in [0, 0.05) is 5.69 Å². The summed E-state index contributed by atoms with van der Waals surface area (Å²) in [5, 5.41) is 0.655. The molecular formula is C14H12ClN3OS. The number of aromatic nitrogens is 2. The maximum Gasteiger partial charge on any atom is 0.266 e. The Labute approximate surface area is 125 Å². The number of H-pyrrole nitrogens is 1. The minimum atomic E-state index is -0.293. The molecule has 0 saturated heterocycles. The number of halogens is 1. The number of anilines is 1. The molecule has 0 saturated carbocycles. The lowest BCUT2D eigenvalue weighted by Gasteiger charge is -2.10. The van der Waals surface area contributed by atoms with Gasteiger partial charge in [0.2, 0.25) is 0 Å². The molecule has 1 heterocycles. The lowest BCUT2D eigenvalue weighted by atomic mass is 10.2. The minimum absolute atomic E-state index is 0.196. The standard InChI is InChI=1S/C14H12ClN3OS/c1-3-4-12(8(2)15)18-13(19)10-6-5-9(16)7-11(10)17-14(18)20/h3-7H,1-2,16H2,(H,17,20)/b12-4+. The van der Waals surface area contributed by atoms with E-state index in [0.29, 0.717) is 22.3 Å². The largest absolute Gasteiger partial charge is 0.399 e. The SMILES string of the molecule is C=C/C=C(\C(=C)Cl)n1c(=S)[nH]c2cc(N)ccc2c1=O. The number of aromatic amines is 1. The van der Waals surface area contributed by atoms with E-state index in [2.05, 4.69) is 18.1 Å². The third-order valence-electron chi connectivity index (χ3n) is 2.72. The topological polar surface area (TPSA) is 63.8 Å². The number of fused-ring (bicyclic) bond motifs is 1. The van der Waals surface area contributed by atoms with Crippen molar-refractivity contribution in [2.45, 2.75) is 0 Å². The van der Waals surface area contributed by atoms with Gasteiger partial charge in [0.1, 0.15) is 0 Å². The van der Waals surface area contributed by atoms with Crippen LogP contribution in [0.5, 0.6) is 0 Å². The molecule has 0 unspecified atom stereocenters. The summed E-state index contributed by atoms with van der Waals surface area (Å²) in [7, 11) is 0. The number of hydrogen-bond acceptors (Lipinski definition) is 3. The van der Waals surface area contributed by atoms with Gasteiger partial charge in [-0.1, -0.05) is 30.8 Å². The molecule has 3 N–H and O–H groups in total. The Kier molecular flexibility index (Phi) is 3.92. The highest BCUT2D eigenvalue weighted by atomic mass is 35.5. The van der Waals surface area contributed by atoms with Crippen LogP contribution in [0.3, 0.4) is 0 Å². The zero-order valence-electron chi connectivity index (χ0n) is 10.5. The highest BCUT2D eigenvalue weighted by molar-refractivity contribution is 7.71. The van der Waals surface area contributed by atoms with Crippen molar-refractivity contribution >= 4 is 46.1 Å². The molecule has 1 aromatic heterocycles. The van der Waals surface area contributed by atoms with Crippen LogP contribution in [0.15, 0.2) is 53.3 Å². The highest BCUT2D eigenvalue weighted by Gasteiger charge is 2.11. The number of benzene rings is 1. The van der Waals surface area contributed by atoms with Crippen molar-refractivity contribution in [1.82, 2.24) is 9.55 Å². The lowest BCUT2D eigenvalue weighted by Crippen LogP contribution is -2.21. The van der Waals surface area contributed by atoms with Gasteiger partial charge in [-0.05, 0) is 36.5 Å². The summed E-state index contributed by atoms with van der Waals surface area (Å²) >= 11 is 11.1. The van der Waals surface area contributed by atoms with E-state index in [1.165, 1.54) is 10.6 Å². The van der Waals surface area contributed by atoms with Gasteiger partial charge in [-0.3, -0.25) is 9.36 Å². The molecule has 1 aromatic carbocycles. The molecule has 2 rings (SSSR count). The predicted molar refractivity (Wildman–Crippen MR) is 87.3 cm³/mol. The van der Waals surface area contributed by atoms with Crippen molar-refractivity contribution in [2.24, 2.45) is 0 Å². The number of nitrogens with zero attached hydrogens (tertiary/aromatic N) is 1. The molecule has 0 aliphatic rings. The Hall–Kier alpha value is -2.11. The second-order valence-electron chi connectivity index (χ2n) is 4.07. The normalized spacial score (nSPS) is 11.6. The second-order valence-corrected chi connectivity index (χ2v) is 4.91. The van der Waals surface area contributed by atoms with Crippen molar-refractivity contribution < 1.29 is 0 Å². The smallest absolute Gasteiger partial charge is 0.266 e. The summed E-state index contributed by atoms with van der Waals surface area (Å²) in [6.07, 6.45) is 3.08. The molecule has 0 fully saturated rings. The van der Waals surface area contributed by atoms with Gasteiger partial charge in [0.15, 0.2) is 4.77 Å². The van der Waals surface area contributed by atoms with E-state index >= 15 is 0 Å². The molecule has 2 aromatic rings. The second kappa shape index (κ2) is 5.48. The first kappa shape index (κ1) is 14.3. The van der Waals surface area contributed by atoms with Crippen LogP contribution in [0.1, 0.15) is 0 Å². The molecule has 0 radical (unpaired) electrons. The summed E-state index contributed by atoms with van der Waals surface area (Å²) in [4.78, 5) is 15.5.